The molecule has 1 aromatic carbocycles. The van der Waals surface area contributed by atoms with Gasteiger partial charge in [-0.05, 0) is 32.3 Å². The largest absolute Gasteiger partial charge is 0.409 e. The number of rotatable bonds is 4. The zero-order chi connectivity index (χ0) is 14.0. The van der Waals surface area contributed by atoms with Crippen molar-refractivity contribution in [3.05, 3.63) is 35.4 Å². The number of carbonyl (C=O) groups excluding carboxylic acids is 1. The Morgan fingerprint density at radius 3 is 2.47 bits per heavy atom. The molecule has 1 amide bonds. The molecule has 102 valence electrons. The van der Waals surface area contributed by atoms with Crippen LogP contribution in [0.1, 0.15) is 36.9 Å². The summed E-state index contributed by atoms with van der Waals surface area (Å²) in [5.74, 6) is -0.169. The van der Waals surface area contributed by atoms with Crippen molar-refractivity contribution in [2.24, 2.45) is 16.3 Å². The van der Waals surface area contributed by atoms with Crippen LogP contribution in [0.2, 0.25) is 0 Å². The van der Waals surface area contributed by atoms with E-state index in [0.29, 0.717) is 12.8 Å². The molecule has 5 nitrogen and oxygen atoms in total. The molecule has 0 saturated heterocycles. The highest BCUT2D eigenvalue weighted by molar-refractivity contribution is 6.09. The van der Waals surface area contributed by atoms with E-state index in [0.717, 1.165) is 5.56 Å². The normalized spacial score (nSPS) is 18.7. The molecule has 19 heavy (non-hydrogen) atoms. The number of aryl methyl sites for hydroxylation is 1. The number of oxime groups is 1. The van der Waals surface area contributed by atoms with E-state index in [1.165, 1.54) is 5.56 Å². The maximum atomic E-state index is 12.2. The fraction of sp³-hybridized carbons (Fsp3) is 0.429. The van der Waals surface area contributed by atoms with Crippen LogP contribution in [0.15, 0.2) is 29.4 Å². The van der Waals surface area contributed by atoms with Gasteiger partial charge in [-0.2, -0.15) is 0 Å². The van der Waals surface area contributed by atoms with Crippen LogP contribution in [0.5, 0.6) is 0 Å². The summed E-state index contributed by atoms with van der Waals surface area (Å²) < 4.78 is 0. The number of hydrogen-bond acceptors (Lipinski definition) is 3. The zero-order valence-electron chi connectivity index (χ0n) is 11.2. The highest BCUT2D eigenvalue weighted by Crippen LogP contribution is 2.46. The van der Waals surface area contributed by atoms with Gasteiger partial charge in [0.15, 0.2) is 5.84 Å². The third-order valence-electron chi connectivity index (χ3n) is 3.71. The fourth-order valence-corrected chi connectivity index (χ4v) is 2.09. The first-order valence-electron chi connectivity index (χ1n) is 6.35. The number of nitrogens with one attached hydrogen (secondary N) is 1. The second kappa shape index (κ2) is 4.91. The van der Waals surface area contributed by atoms with Gasteiger partial charge < -0.3 is 16.3 Å². The van der Waals surface area contributed by atoms with Crippen LogP contribution in [0.25, 0.3) is 0 Å². The predicted molar refractivity (Wildman–Crippen MR) is 72.8 cm³/mol. The Kier molecular flexibility index (Phi) is 3.46. The summed E-state index contributed by atoms with van der Waals surface area (Å²) in [6.07, 6.45) is 1.27. The van der Waals surface area contributed by atoms with E-state index in [-0.39, 0.29) is 17.8 Å². The van der Waals surface area contributed by atoms with Crippen molar-refractivity contribution in [1.29, 1.82) is 0 Å². The summed E-state index contributed by atoms with van der Waals surface area (Å²) in [5, 5.41) is 14.6. The molecular formula is C14H19N3O2. The first-order chi connectivity index (χ1) is 8.99. The first kappa shape index (κ1) is 13.4. The lowest BCUT2D eigenvalue weighted by Crippen LogP contribution is -2.41. The SMILES string of the molecule is Cc1ccc(C(C)NC(=O)C2(/C(N)=N/O)CC2)cc1. The molecule has 1 fully saturated rings. The molecule has 0 heterocycles. The van der Waals surface area contributed by atoms with Crippen molar-refractivity contribution >= 4 is 11.7 Å². The van der Waals surface area contributed by atoms with Crippen LogP contribution in [-0.2, 0) is 4.79 Å². The van der Waals surface area contributed by atoms with Gasteiger partial charge in [0.1, 0.15) is 5.41 Å². The van der Waals surface area contributed by atoms with Crippen molar-refractivity contribution in [1.82, 2.24) is 5.32 Å². The monoisotopic (exact) mass is 261 g/mol. The maximum Gasteiger partial charge on any atom is 0.234 e. The molecule has 5 heteroatoms. The first-order valence-corrected chi connectivity index (χ1v) is 6.35. The van der Waals surface area contributed by atoms with Gasteiger partial charge in [0.2, 0.25) is 5.91 Å². The van der Waals surface area contributed by atoms with Crippen LogP contribution >= 0.6 is 0 Å². The highest BCUT2D eigenvalue weighted by atomic mass is 16.4. The van der Waals surface area contributed by atoms with Gasteiger partial charge in [-0.25, -0.2) is 0 Å². The summed E-state index contributed by atoms with van der Waals surface area (Å²) in [5.41, 5.74) is 7.00. The number of hydrogen-bond donors (Lipinski definition) is 3. The smallest absolute Gasteiger partial charge is 0.234 e. The van der Waals surface area contributed by atoms with E-state index in [4.69, 9.17) is 10.9 Å². The molecule has 1 unspecified atom stereocenters. The number of amidine groups is 1. The van der Waals surface area contributed by atoms with E-state index in [1.54, 1.807) is 0 Å². The van der Waals surface area contributed by atoms with Crippen molar-refractivity contribution < 1.29 is 10.0 Å². The Labute approximate surface area is 112 Å². The third-order valence-corrected chi connectivity index (χ3v) is 3.71. The molecule has 1 aliphatic carbocycles. The van der Waals surface area contributed by atoms with Gasteiger partial charge in [0, 0.05) is 0 Å². The number of nitrogens with zero attached hydrogens (tertiary/aromatic N) is 1. The topological polar surface area (TPSA) is 87.7 Å². The lowest BCUT2D eigenvalue weighted by Gasteiger charge is -2.19. The van der Waals surface area contributed by atoms with E-state index >= 15 is 0 Å². The minimum Gasteiger partial charge on any atom is -0.409 e. The van der Waals surface area contributed by atoms with Crippen molar-refractivity contribution in [3.8, 4) is 0 Å². The van der Waals surface area contributed by atoms with Crippen LogP contribution in [0, 0.1) is 12.3 Å². The summed E-state index contributed by atoms with van der Waals surface area (Å²) in [6.45, 7) is 3.94. The quantitative estimate of drug-likeness (QED) is 0.333. The summed E-state index contributed by atoms with van der Waals surface area (Å²) in [6, 6.07) is 7.90. The van der Waals surface area contributed by atoms with Gasteiger partial charge in [-0.3, -0.25) is 4.79 Å². The standard InChI is InChI=1S/C14H19N3O2/c1-9-3-5-11(6-4-9)10(2)16-13(18)14(7-8-14)12(15)17-19/h3-6,10,19H,7-8H2,1-2H3,(H2,15,17)(H,16,18). The molecule has 1 atom stereocenters. The van der Waals surface area contributed by atoms with Crippen molar-refractivity contribution in [2.45, 2.75) is 32.7 Å². The van der Waals surface area contributed by atoms with Crippen LogP contribution < -0.4 is 11.1 Å². The lowest BCUT2D eigenvalue weighted by atomic mass is 10.0. The van der Waals surface area contributed by atoms with E-state index in [1.807, 2.05) is 38.1 Å². The molecule has 1 aromatic rings. The van der Waals surface area contributed by atoms with Crippen LogP contribution in [0.4, 0.5) is 0 Å². The van der Waals surface area contributed by atoms with E-state index in [9.17, 15) is 4.79 Å². The molecule has 0 radical (unpaired) electrons. The number of carbonyl (C=O) groups is 1. The fourth-order valence-electron chi connectivity index (χ4n) is 2.09. The highest BCUT2D eigenvalue weighted by Gasteiger charge is 2.54. The summed E-state index contributed by atoms with van der Waals surface area (Å²) >= 11 is 0. The van der Waals surface area contributed by atoms with E-state index < -0.39 is 5.41 Å². The third kappa shape index (κ3) is 2.54. The van der Waals surface area contributed by atoms with Crippen molar-refractivity contribution in [2.75, 3.05) is 0 Å². The molecule has 1 aliphatic rings. The number of amides is 1. The van der Waals surface area contributed by atoms with Crippen LogP contribution in [-0.4, -0.2) is 17.0 Å². The average molecular weight is 261 g/mol. The minimum atomic E-state index is -0.798. The Balaban J connectivity index is 2.05. The van der Waals surface area contributed by atoms with Crippen molar-refractivity contribution in [3.63, 3.8) is 0 Å². The Hall–Kier alpha value is -2.04. The molecule has 0 aromatic heterocycles. The minimum absolute atomic E-state index is 0.00102. The van der Waals surface area contributed by atoms with Gasteiger partial charge in [0.25, 0.3) is 0 Å². The number of nitrogens with two attached hydrogens (primary N) is 1. The van der Waals surface area contributed by atoms with Gasteiger partial charge in [-0.1, -0.05) is 35.0 Å². The molecule has 1 saturated carbocycles. The van der Waals surface area contributed by atoms with Gasteiger partial charge in [-0.15, -0.1) is 0 Å². The Morgan fingerprint density at radius 2 is 2.00 bits per heavy atom. The van der Waals surface area contributed by atoms with Crippen LogP contribution in [0.3, 0.4) is 0 Å². The molecule has 0 bridgehead atoms. The molecule has 2 rings (SSSR count). The Bertz CT molecular complexity index is 504. The summed E-state index contributed by atoms with van der Waals surface area (Å²) in [4.78, 5) is 12.2. The predicted octanol–water partition coefficient (Wildman–Crippen LogP) is 1.70. The number of benzene rings is 1. The lowest BCUT2D eigenvalue weighted by molar-refractivity contribution is -0.124. The maximum absolute atomic E-state index is 12.2. The zero-order valence-corrected chi connectivity index (χ0v) is 11.2. The Morgan fingerprint density at radius 1 is 1.42 bits per heavy atom. The summed E-state index contributed by atoms with van der Waals surface area (Å²) in [7, 11) is 0. The second-order valence-electron chi connectivity index (χ2n) is 5.17. The van der Waals surface area contributed by atoms with Gasteiger partial charge in [0.05, 0.1) is 6.04 Å². The molecule has 0 aliphatic heterocycles. The molecule has 0 spiro atoms. The molecule has 4 N–H and O–H groups in total. The van der Waals surface area contributed by atoms with Gasteiger partial charge >= 0.3 is 0 Å². The molecular weight excluding hydrogens is 242 g/mol. The van der Waals surface area contributed by atoms with E-state index in [2.05, 4.69) is 10.5 Å². The second-order valence-corrected chi connectivity index (χ2v) is 5.17. The average Bonchev–Trinajstić information content (AvgIpc) is 3.20.